The minimum Gasteiger partial charge on any atom is -0.390 e. The number of Topliss-reactive ketones (excluding diaryl/α,β-unsaturated/α-hetero) is 1. The largest absolute Gasteiger partial charge is 0.390 e. The number of aliphatic hydroxyl groups is 2. The van der Waals surface area contributed by atoms with Crippen LogP contribution in [0.4, 0.5) is 0 Å². The van der Waals surface area contributed by atoms with Gasteiger partial charge in [-0.05, 0) is 18.1 Å². The van der Waals surface area contributed by atoms with Crippen molar-refractivity contribution in [3.8, 4) is 6.07 Å². The van der Waals surface area contributed by atoms with Gasteiger partial charge in [0.2, 0.25) is 0 Å². The summed E-state index contributed by atoms with van der Waals surface area (Å²) in [4.78, 5) is 11.5. The Bertz CT molecular complexity index is 456. The third kappa shape index (κ3) is 3.81. The number of carbonyl (C=O) groups excluding carboxylic acids is 1. The number of hydrogen-bond donors (Lipinski definition) is 2. The van der Waals surface area contributed by atoms with Crippen molar-refractivity contribution in [1.29, 1.82) is 5.26 Å². The third-order valence-electron chi connectivity index (χ3n) is 2.56. The van der Waals surface area contributed by atoms with Gasteiger partial charge in [0, 0.05) is 11.4 Å². The molecule has 0 spiro atoms. The standard InChI is InChI=1S/C13H14ClNO3/c14-6-4-12(17)13(18)10-3-1-2-9(8-10)11(16)5-7-15/h1-3,8,12-13,17-18H,4-6H2. The van der Waals surface area contributed by atoms with E-state index in [-0.39, 0.29) is 24.5 Å². The Morgan fingerprint density at radius 2 is 2.17 bits per heavy atom. The van der Waals surface area contributed by atoms with Gasteiger partial charge in [-0.3, -0.25) is 4.79 Å². The number of halogens is 1. The second kappa shape index (κ2) is 7.12. The minimum atomic E-state index is -1.08. The van der Waals surface area contributed by atoms with E-state index in [0.717, 1.165) is 0 Å². The van der Waals surface area contributed by atoms with E-state index >= 15 is 0 Å². The first-order chi connectivity index (χ1) is 8.60. The highest BCUT2D eigenvalue weighted by molar-refractivity contribution is 6.17. The van der Waals surface area contributed by atoms with E-state index in [4.69, 9.17) is 16.9 Å². The molecule has 0 heterocycles. The number of hydrogen-bond acceptors (Lipinski definition) is 4. The molecule has 5 heteroatoms. The van der Waals surface area contributed by atoms with Crippen LogP contribution >= 0.6 is 11.6 Å². The molecule has 2 unspecified atom stereocenters. The van der Waals surface area contributed by atoms with Gasteiger partial charge < -0.3 is 10.2 Å². The molecule has 0 aliphatic carbocycles. The lowest BCUT2D eigenvalue weighted by molar-refractivity contribution is 0.0169. The summed E-state index contributed by atoms with van der Waals surface area (Å²) in [6.45, 7) is 0. The van der Waals surface area contributed by atoms with Crippen LogP contribution in [0.3, 0.4) is 0 Å². The monoisotopic (exact) mass is 267 g/mol. The summed E-state index contributed by atoms with van der Waals surface area (Å²) in [7, 11) is 0. The van der Waals surface area contributed by atoms with Crippen molar-refractivity contribution < 1.29 is 15.0 Å². The molecule has 0 aliphatic heterocycles. The lowest BCUT2D eigenvalue weighted by Crippen LogP contribution is -2.19. The molecule has 1 rings (SSSR count). The second-order valence-corrected chi connectivity index (χ2v) is 4.25. The Hall–Kier alpha value is -1.41. The minimum absolute atomic E-state index is 0.205. The van der Waals surface area contributed by atoms with E-state index in [1.54, 1.807) is 24.3 Å². The summed E-state index contributed by atoms with van der Waals surface area (Å²) in [6, 6.07) is 8.06. The first-order valence-electron chi connectivity index (χ1n) is 5.52. The fraction of sp³-hybridized carbons (Fsp3) is 0.385. The molecule has 1 aromatic rings. The van der Waals surface area contributed by atoms with Gasteiger partial charge in [-0.15, -0.1) is 11.6 Å². The highest BCUT2D eigenvalue weighted by Gasteiger charge is 2.18. The number of benzene rings is 1. The molecule has 0 aliphatic rings. The molecule has 2 atom stereocenters. The SMILES string of the molecule is N#CCC(=O)c1cccc(C(O)C(O)CCCl)c1. The molecular formula is C13H14ClNO3. The maximum Gasteiger partial charge on any atom is 0.176 e. The van der Waals surface area contributed by atoms with Gasteiger partial charge in [-0.1, -0.05) is 18.2 Å². The predicted molar refractivity (Wildman–Crippen MR) is 67.3 cm³/mol. The van der Waals surface area contributed by atoms with E-state index in [0.29, 0.717) is 11.1 Å². The van der Waals surface area contributed by atoms with Gasteiger partial charge in [0.15, 0.2) is 5.78 Å². The number of nitriles is 1. The number of nitrogens with zero attached hydrogens (tertiary/aromatic N) is 1. The highest BCUT2D eigenvalue weighted by Crippen LogP contribution is 2.20. The zero-order valence-electron chi connectivity index (χ0n) is 9.71. The van der Waals surface area contributed by atoms with Crippen LogP contribution < -0.4 is 0 Å². The number of ketones is 1. The molecule has 0 radical (unpaired) electrons. The van der Waals surface area contributed by atoms with E-state index in [9.17, 15) is 15.0 Å². The Balaban J connectivity index is 2.88. The van der Waals surface area contributed by atoms with E-state index in [2.05, 4.69) is 0 Å². The maximum atomic E-state index is 11.5. The molecule has 0 aromatic heterocycles. The van der Waals surface area contributed by atoms with Crippen molar-refractivity contribution in [3.05, 3.63) is 35.4 Å². The molecule has 96 valence electrons. The summed E-state index contributed by atoms with van der Waals surface area (Å²) in [5, 5.41) is 28.0. The average molecular weight is 268 g/mol. The van der Waals surface area contributed by atoms with Crippen LogP contribution in [-0.4, -0.2) is 28.0 Å². The van der Waals surface area contributed by atoms with Crippen molar-refractivity contribution >= 4 is 17.4 Å². The van der Waals surface area contributed by atoms with E-state index in [1.807, 2.05) is 0 Å². The van der Waals surface area contributed by atoms with Gasteiger partial charge >= 0.3 is 0 Å². The summed E-state index contributed by atoms with van der Waals surface area (Å²) in [5.74, 6) is -0.0657. The number of carbonyl (C=O) groups is 1. The quantitative estimate of drug-likeness (QED) is 0.608. The van der Waals surface area contributed by atoms with Gasteiger partial charge in [-0.2, -0.15) is 5.26 Å². The van der Waals surface area contributed by atoms with Crippen molar-refractivity contribution in [2.45, 2.75) is 25.0 Å². The molecule has 18 heavy (non-hydrogen) atoms. The Morgan fingerprint density at radius 3 is 2.78 bits per heavy atom. The van der Waals surface area contributed by atoms with Crippen LogP contribution in [-0.2, 0) is 0 Å². The molecule has 4 nitrogen and oxygen atoms in total. The molecular weight excluding hydrogens is 254 g/mol. The van der Waals surface area contributed by atoms with Crippen molar-refractivity contribution in [1.82, 2.24) is 0 Å². The number of aliphatic hydroxyl groups excluding tert-OH is 2. The average Bonchev–Trinajstić information content (AvgIpc) is 2.38. The van der Waals surface area contributed by atoms with Gasteiger partial charge in [0.1, 0.15) is 6.10 Å². The van der Waals surface area contributed by atoms with Gasteiger partial charge in [0.05, 0.1) is 18.6 Å². The van der Waals surface area contributed by atoms with E-state index in [1.165, 1.54) is 6.07 Å². The smallest absolute Gasteiger partial charge is 0.176 e. The van der Waals surface area contributed by atoms with Crippen molar-refractivity contribution in [2.75, 3.05) is 5.88 Å². The van der Waals surface area contributed by atoms with Crippen molar-refractivity contribution in [2.24, 2.45) is 0 Å². The Labute approximate surface area is 110 Å². The number of alkyl halides is 1. The normalized spacial score (nSPS) is 13.7. The van der Waals surface area contributed by atoms with Crippen LogP contribution in [0.1, 0.15) is 34.9 Å². The second-order valence-electron chi connectivity index (χ2n) is 3.87. The summed E-state index contributed by atoms with van der Waals surface area (Å²) in [6.07, 6.45) is -1.99. The summed E-state index contributed by atoms with van der Waals surface area (Å²) in [5.41, 5.74) is 0.794. The van der Waals surface area contributed by atoms with Crippen LogP contribution in [0.25, 0.3) is 0 Å². The molecule has 0 saturated carbocycles. The number of rotatable bonds is 6. The maximum absolute atomic E-state index is 11.5. The molecule has 0 fully saturated rings. The topological polar surface area (TPSA) is 81.3 Å². The zero-order chi connectivity index (χ0) is 13.5. The Kier molecular flexibility index (Phi) is 5.79. The first kappa shape index (κ1) is 14.7. The van der Waals surface area contributed by atoms with Gasteiger partial charge in [-0.25, -0.2) is 0 Å². The molecule has 0 bridgehead atoms. The molecule has 0 amide bonds. The Morgan fingerprint density at radius 1 is 1.44 bits per heavy atom. The van der Waals surface area contributed by atoms with Crippen LogP contribution in [0.2, 0.25) is 0 Å². The van der Waals surface area contributed by atoms with Crippen molar-refractivity contribution in [3.63, 3.8) is 0 Å². The first-order valence-corrected chi connectivity index (χ1v) is 6.05. The fourth-order valence-corrected chi connectivity index (χ4v) is 1.79. The van der Waals surface area contributed by atoms with Crippen LogP contribution in [0, 0.1) is 11.3 Å². The fourth-order valence-electron chi connectivity index (χ4n) is 1.56. The van der Waals surface area contributed by atoms with Gasteiger partial charge in [0.25, 0.3) is 0 Å². The lowest BCUT2D eigenvalue weighted by Gasteiger charge is -2.17. The van der Waals surface area contributed by atoms with Crippen LogP contribution in [0.15, 0.2) is 24.3 Å². The molecule has 0 saturated heterocycles. The molecule has 1 aromatic carbocycles. The summed E-state index contributed by atoms with van der Waals surface area (Å²) >= 11 is 5.49. The third-order valence-corrected chi connectivity index (χ3v) is 2.78. The zero-order valence-corrected chi connectivity index (χ0v) is 10.5. The highest BCUT2D eigenvalue weighted by atomic mass is 35.5. The summed E-state index contributed by atoms with van der Waals surface area (Å²) < 4.78 is 0. The predicted octanol–water partition coefficient (Wildman–Crippen LogP) is 1.81. The van der Waals surface area contributed by atoms with E-state index < -0.39 is 12.2 Å². The molecule has 2 N–H and O–H groups in total. The van der Waals surface area contributed by atoms with Crippen LogP contribution in [0.5, 0.6) is 0 Å². The lowest BCUT2D eigenvalue weighted by atomic mass is 9.98.